The third-order valence-corrected chi connectivity index (χ3v) is 5.40. The average molecular weight is 438 g/mol. The molecule has 1 fully saturated rings. The van der Waals surface area contributed by atoms with Crippen molar-refractivity contribution < 1.29 is 14.3 Å². The molecular weight excluding hydrogens is 409 g/mol. The number of benzene rings is 2. The fraction of sp³-hybridized carbons (Fsp3) is 0.375. The first-order chi connectivity index (χ1) is 15.5. The summed E-state index contributed by atoms with van der Waals surface area (Å²) in [7, 11) is 0. The number of phenolic OH excluding ortho intramolecular Hbond substituents is 1. The Bertz CT molecular complexity index is 993. The molecule has 0 aromatic heterocycles. The summed E-state index contributed by atoms with van der Waals surface area (Å²) in [4.78, 5) is 20.0. The normalized spacial score (nSPS) is 15.0. The molecule has 0 unspecified atom stereocenters. The Balaban J connectivity index is 1.44. The van der Waals surface area contributed by atoms with Crippen LogP contribution in [0.2, 0.25) is 0 Å². The first-order valence-corrected chi connectivity index (χ1v) is 10.7. The lowest BCUT2D eigenvalue weighted by Gasteiger charge is -2.34. The zero-order chi connectivity index (χ0) is 22.9. The number of hydrogen-bond donors (Lipinski definition) is 2. The Morgan fingerprint density at radius 2 is 1.91 bits per heavy atom. The molecule has 0 atom stereocenters. The molecule has 1 heterocycles. The van der Waals surface area contributed by atoms with E-state index in [1.807, 2.05) is 31.2 Å². The van der Waals surface area contributed by atoms with Crippen molar-refractivity contribution >= 4 is 17.8 Å². The lowest BCUT2D eigenvalue weighted by Crippen LogP contribution is -2.48. The number of hydrazone groups is 1. The summed E-state index contributed by atoms with van der Waals surface area (Å²) in [6.07, 6.45) is 2.62. The average Bonchev–Trinajstić information content (AvgIpc) is 2.79. The lowest BCUT2D eigenvalue weighted by molar-refractivity contribution is -0.122. The molecule has 2 aromatic carbocycles. The smallest absolute Gasteiger partial charge is 0.254 e. The second-order valence-corrected chi connectivity index (χ2v) is 7.88. The summed E-state index contributed by atoms with van der Waals surface area (Å²) in [6.45, 7) is 13.2. The number of nitrogens with one attached hydrogen (secondary N) is 1. The van der Waals surface area contributed by atoms with E-state index in [1.165, 1.54) is 23.9 Å². The molecule has 168 valence electrons. The van der Waals surface area contributed by atoms with Gasteiger partial charge in [0.15, 0.2) is 5.69 Å². The maximum Gasteiger partial charge on any atom is 0.254 e. The van der Waals surface area contributed by atoms with Gasteiger partial charge in [0.2, 0.25) is 0 Å². The van der Waals surface area contributed by atoms with Gasteiger partial charge in [0, 0.05) is 38.3 Å². The van der Waals surface area contributed by atoms with Crippen LogP contribution in [0, 0.1) is 12.4 Å². The highest BCUT2D eigenvalue weighted by molar-refractivity contribution is 5.86. The molecular formula is C24H28FN5O2. The summed E-state index contributed by atoms with van der Waals surface area (Å²) in [6, 6.07) is 10.1. The number of hydrogen-bond acceptors (Lipinski definition) is 5. The van der Waals surface area contributed by atoms with Crippen LogP contribution in [0.5, 0.6) is 5.75 Å². The van der Waals surface area contributed by atoms with Crippen LogP contribution in [0.3, 0.4) is 0 Å². The van der Waals surface area contributed by atoms with Gasteiger partial charge in [0.05, 0.1) is 19.3 Å². The van der Waals surface area contributed by atoms with Gasteiger partial charge in [-0.2, -0.15) is 5.10 Å². The van der Waals surface area contributed by atoms with Crippen LogP contribution in [0.25, 0.3) is 4.85 Å². The van der Waals surface area contributed by atoms with Crippen molar-refractivity contribution in [3.05, 3.63) is 70.3 Å². The Morgan fingerprint density at radius 1 is 1.22 bits per heavy atom. The van der Waals surface area contributed by atoms with E-state index in [0.29, 0.717) is 17.7 Å². The molecule has 0 bridgehead atoms. The van der Waals surface area contributed by atoms with E-state index < -0.39 is 5.82 Å². The molecule has 1 aliphatic heterocycles. The van der Waals surface area contributed by atoms with Gasteiger partial charge >= 0.3 is 0 Å². The molecule has 2 aromatic rings. The minimum absolute atomic E-state index is 0.00824. The van der Waals surface area contributed by atoms with E-state index in [0.717, 1.165) is 39.1 Å². The van der Waals surface area contributed by atoms with Crippen molar-refractivity contribution in [1.29, 1.82) is 0 Å². The number of carbonyl (C=O) groups excluding carboxylic acids is 1. The SMILES string of the molecule is [C-]#[N+]c1ccc(CN2CCN(CC(=O)N/N=C/c3cc(F)cc(CCC)c3O)CC2)cc1. The molecule has 3 rings (SSSR count). The highest BCUT2D eigenvalue weighted by Crippen LogP contribution is 2.24. The van der Waals surface area contributed by atoms with Crippen molar-refractivity contribution in [1.82, 2.24) is 15.2 Å². The quantitative estimate of drug-likeness (QED) is 0.378. The molecule has 0 radical (unpaired) electrons. The number of aryl methyl sites for hydroxylation is 1. The molecule has 0 saturated carbocycles. The molecule has 2 N–H and O–H groups in total. The number of piperazine rings is 1. The Hall–Kier alpha value is -3.28. The lowest BCUT2D eigenvalue weighted by atomic mass is 10.1. The predicted molar refractivity (Wildman–Crippen MR) is 122 cm³/mol. The van der Waals surface area contributed by atoms with Crippen LogP contribution >= 0.6 is 0 Å². The van der Waals surface area contributed by atoms with E-state index in [-0.39, 0.29) is 23.8 Å². The molecule has 1 amide bonds. The zero-order valence-electron chi connectivity index (χ0n) is 18.2. The van der Waals surface area contributed by atoms with Crippen LogP contribution in [0.1, 0.15) is 30.0 Å². The number of halogens is 1. The molecule has 8 heteroatoms. The summed E-state index contributed by atoms with van der Waals surface area (Å²) >= 11 is 0. The van der Waals surface area contributed by atoms with Crippen LogP contribution < -0.4 is 5.43 Å². The topological polar surface area (TPSA) is 72.5 Å². The highest BCUT2D eigenvalue weighted by atomic mass is 19.1. The van der Waals surface area contributed by atoms with Gasteiger partial charge < -0.3 is 5.11 Å². The van der Waals surface area contributed by atoms with Crippen LogP contribution in [0.4, 0.5) is 10.1 Å². The van der Waals surface area contributed by atoms with E-state index in [1.54, 1.807) is 0 Å². The monoisotopic (exact) mass is 437 g/mol. The second kappa shape index (κ2) is 11.4. The summed E-state index contributed by atoms with van der Waals surface area (Å²) in [5, 5.41) is 14.1. The molecule has 7 nitrogen and oxygen atoms in total. The second-order valence-electron chi connectivity index (χ2n) is 7.88. The summed E-state index contributed by atoms with van der Waals surface area (Å²) < 4.78 is 13.7. The van der Waals surface area contributed by atoms with Crippen molar-refractivity contribution in [2.24, 2.45) is 5.10 Å². The van der Waals surface area contributed by atoms with Gasteiger partial charge in [-0.25, -0.2) is 14.7 Å². The molecule has 32 heavy (non-hydrogen) atoms. The maximum atomic E-state index is 13.7. The number of carbonyl (C=O) groups is 1. The number of rotatable bonds is 8. The Labute approximate surface area is 188 Å². The van der Waals surface area contributed by atoms with E-state index in [9.17, 15) is 14.3 Å². The third kappa shape index (κ3) is 6.61. The highest BCUT2D eigenvalue weighted by Gasteiger charge is 2.19. The maximum absolute atomic E-state index is 13.7. The van der Waals surface area contributed by atoms with Crippen molar-refractivity contribution in [2.45, 2.75) is 26.3 Å². The van der Waals surface area contributed by atoms with E-state index >= 15 is 0 Å². The van der Waals surface area contributed by atoms with Gasteiger partial charge in [0.25, 0.3) is 5.91 Å². The standard InChI is InChI=1S/C24H28FN5O2/c1-3-4-19-13-21(25)14-20(24(19)32)15-27-28-23(31)17-30-11-9-29(10-12-30)16-18-5-7-22(26-2)8-6-18/h5-8,13-15,32H,3-4,9-12,16-17H2,1H3,(H,28,31)/b27-15+. The zero-order valence-corrected chi connectivity index (χ0v) is 18.2. The predicted octanol–water partition coefficient (Wildman–Crippen LogP) is 3.30. The molecule has 1 saturated heterocycles. The Kier molecular flexibility index (Phi) is 8.31. The van der Waals surface area contributed by atoms with Gasteiger partial charge in [-0.05, 0) is 29.7 Å². The van der Waals surface area contributed by atoms with Crippen molar-refractivity contribution in [3.8, 4) is 5.75 Å². The van der Waals surface area contributed by atoms with Crippen LogP contribution in [0.15, 0.2) is 41.5 Å². The largest absolute Gasteiger partial charge is 0.507 e. The number of nitrogens with zero attached hydrogens (tertiary/aromatic N) is 4. The fourth-order valence-electron chi connectivity index (χ4n) is 3.69. The van der Waals surface area contributed by atoms with Gasteiger partial charge in [-0.1, -0.05) is 37.6 Å². The molecule has 0 aliphatic carbocycles. The number of aromatic hydroxyl groups is 1. The third-order valence-electron chi connectivity index (χ3n) is 5.40. The molecule has 0 spiro atoms. The van der Waals surface area contributed by atoms with Gasteiger partial charge in [-0.15, -0.1) is 0 Å². The van der Waals surface area contributed by atoms with E-state index in [4.69, 9.17) is 6.57 Å². The van der Waals surface area contributed by atoms with Crippen LogP contribution in [-0.2, 0) is 17.8 Å². The fourth-order valence-corrected chi connectivity index (χ4v) is 3.69. The summed E-state index contributed by atoms with van der Waals surface area (Å²) in [5.74, 6) is -0.709. The first kappa shape index (κ1) is 23.4. The Morgan fingerprint density at radius 3 is 2.56 bits per heavy atom. The minimum Gasteiger partial charge on any atom is -0.507 e. The first-order valence-electron chi connectivity index (χ1n) is 10.7. The van der Waals surface area contributed by atoms with Crippen LogP contribution in [-0.4, -0.2) is 59.8 Å². The van der Waals surface area contributed by atoms with Crippen molar-refractivity contribution in [3.63, 3.8) is 0 Å². The minimum atomic E-state index is -0.445. The van der Waals surface area contributed by atoms with Crippen molar-refractivity contribution in [2.75, 3.05) is 32.7 Å². The number of amides is 1. The number of phenols is 1. The van der Waals surface area contributed by atoms with Gasteiger partial charge in [0.1, 0.15) is 11.6 Å². The summed E-state index contributed by atoms with van der Waals surface area (Å²) in [5.41, 5.74) is 5.03. The molecule has 1 aliphatic rings. The van der Waals surface area contributed by atoms with E-state index in [2.05, 4.69) is 25.2 Å². The van der Waals surface area contributed by atoms with Gasteiger partial charge in [-0.3, -0.25) is 14.6 Å².